The molecule has 0 aliphatic rings. The number of aryl methyl sites for hydroxylation is 2. The van der Waals surface area contributed by atoms with Crippen LogP contribution in [0.25, 0.3) is 0 Å². The van der Waals surface area contributed by atoms with Crippen LogP contribution < -0.4 is 16.4 Å². The number of carbonyl (C=O) groups is 2. The molecule has 0 atom stereocenters. The predicted molar refractivity (Wildman–Crippen MR) is 66.9 cm³/mol. The Hall–Kier alpha value is -1.47. The molecule has 0 radical (unpaired) electrons. The molecule has 2 amide bonds. The van der Waals surface area contributed by atoms with Gasteiger partial charge in [0.1, 0.15) is 0 Å². The molecular formula is C10H16N4O2S. The number of hydrogen-bond acceptors (Lipinski definition) is 5. The second-order valence-electron chi connectivity index (χ2n) is 3.40. The van der Waals surface area contributed by atoms with Crippen LogP contribution in [0.3, 0.4) is 0 Å². The van der Waals surface area contributed by atoms with Gasteiger partial charge >= 0.3 is 0 Å². The number of aromatic nitrogens is 1. The van der Waals surface area contributed by atoms with Crippen molar-refractivity contribution in [2.75, 3.05) is 18.4 Å². The van der Waals surface area contributed by atoms with Gasteiger partial charge in [-0.1, -0.05) is 6.92 Å². The van der Waals surface area contributed by atoms with E-state index in [2.05, 4.69) is 15.6 Å². The maximum atomic E-state index is 11.4. The molecule has 0 saturated carbocycles. The molecule has 7 heteroatoms. The molecule has 0 aliphatic heterocycles. The lowest BCUT2D eigenvalue weighted by molar-refractivity contribution is -0.123. The fraction of sp³-hybridized carbons (Fsp3) is 0.500. The van der Waals surface area contributed by atoms with E-state index in [-0.39, 0.29) is 24.9 Å². The maximum absolute atomic E-state index is 11.4. The van der Waals surface area contributed by atoms with Gasteiger partial charge in [-0.25, -0.2) is 4.98 Å². The van der Waals surface area contributed by atoms with E-state index < -0.39 is 0 Å². The van der Waals surface area contributed by atoms with E-state index in [0.717, 1.165) is 17.0 Å². The summed E-state index contributed by atoms with van der Waals surface area (Å²) in [4.78, 5) is 27.6. The molecular weight excluding hydrogens is 240 g/mol. The summed E-state index contributed by atoms with van der Waals surface area (Å²) in [7, 11) is 0. The monoisotopic (exact) mass is 256 g/mol. The molecule has 94 valence electrons. The Morgan fingerprint density at radius 3 is 2.65 bits per heavy atom. The minimum Gasteiger partial charge on any atom is -0.346 e. The molecule has 0 spiro atoms. The largest absolute Gasteiger partial charge is 0.346 e. The van der Waals surface area contributed by atoms with Gasteiger partial charge < -0.3 is 16.4 Å². The number of nitrogens with one attached hydrogen (secondary N) is 2. The van der Waals surface area contributed by atoms with Crippen molar-refractivity contribution >= 4 is 28.3 Å². The second-order valence-corrected chi connectivity index (χ2v) is 4.61. The van der Waals surface area contributed by atoms with Gasteiger partial charge in [-0.2, -0.15) is 0 Å². The first-order valence-electron chi connectivity index (χ1n) is 5.29. The van der Waals surface area contributed by atoms with E-state index >= 15 is 0 Å². The summed E-state index contributed by atoms with van der Waals surface area (Å²) < 4.78 is 0. The standard InChI is InChI=1S/C10H16N4O2S/c1-3-7-6(2)17-10(13-7)14-9(16)5-12-8(15)4-11/h3-5,11H2,1-2H3,(H,12,15)(H,13,14,16). The maximum Gasteiger partial charge on any atom is 0.245 e. The van der Waals surface area contributed by atoms with Gasteiger partial charge in [0.05, 0.1) is 18.8 Å². The normalized spacial score (nSPS) is 10.1. The number of amides is 2. The predicted octanol–water partition coefficient (Wildman–Crippen LogP) is 0.0273. The third-order valence-corrected chi connectivity index (χ3v) is 3.03. The lowest BCUT2D eigenvalue weighted by Crippen LogP contribution is -2.36. The average molecular weight is 256 g/mol. The van der Waals surface area contributed by atoms with Gasteiger partial charge in [-0.05, 0) is 13.3 Å². The van der Waals surface area contributed by atoms with Crippen LogP contribution in [-0.4, -0.2) is 29.9 Å². The Balaban J connectivity index is 2.47. The Labute approximate surface area is 104 Å². The van der Waals surface area contributed by atoms with Gasteiger partial charge in [0, 0.05) is 4.88 Å². The SMILES string of the molecule is CCc1nc(NC(=O)CNC(=O)CN)sc1C. The minimum absolute atomic E-state index is 0.0872. The second kappa shape index (κ2) is 6.31. The van der Waals surface area contributed by atoms with Crippen molar-refractivity contribution in [2.45, 2.75) is 20.3 Å². The molecule has 4 N–H and O–H groups in total. The van der Waals surface area contributed by atoms with Crippen LogP contribution in [0.5, 0.6) is 0 Å². The highest BCUT2D eigenvalue weighted by Gasteiger charge is 2.09. The van der Waals surface area contributed by atoms with Crippen molar-refractivity contribution in [3.8, 4) is 0 Å². The van der Waals surface area contributed by atoms with Crippen molar-refractivity contribution in [3.05, 3.63) is 10.6 Å². The molecule has 1 rings (SSSR count). The molecule has 17 heavy (non-hydrogen) atoms. The van der Waals surface area contributed by atoms with Crippen LogP contribution in [-0.2, 0) is 16.0 Å². The van der Waals surface area contributed by atoms with Crippen LogP contribution in [0, 0.1) is 6.92 Å². The summed E-state index contributed by atoms with van der Waals surface area (Å²) in [6, 6.07) is 0. The van der Waals surface area contributed by atoms with Crippen LogP contribution in [0.1, 0.15) is 17.5 Å². The molecule has 0 saturated heterocycles. The van der Waals surface area contributed by atoms with Crippen molar-refractivity contribution in [1.82, 2.24) is 10.3 Å². The highest BCUT2D eigenvalue weighted by atomic mass is 32.1. The lowest BCUT2D eigenvalue weighted by Gasteiger charge is -2.02. The van der Waals surface area contributed by atoms with E-state index in [4.69, 9.17) is 5.73 Å². The zero-order valence-electron chi connectivity index (χ0n) is 9.87. The first-order valence-corrected chi connectivity index (χ1v) is 6.11. The van der Waals surface area contributed by atoms with E-state index in [1.165, 1.54) is 11.3 Å². The van der Waals surface area contributed by atoms with Crippen LogP contribution >= 0.6 is 11.3 Å². The highest BCUT2D eigenvalue weighted by molar-refractivity contribution is 7.15. The minimum atomic E-state index is -0.357. The van der Waals surface area contributed by atoms with Crippen molar-refractivity contribution in [1.29, 1.82) is 0 Å². The summed E-state index contributed by atoms with van der Waals surface area (Å²) in [5.74, 6) is -0.659. The topological polar surface area (TPSA) is 97.1 Å². The van der Waals surface area contributed by atoms with Gasteiger partial charge in [-0.15, -0.1) is 11.3 Å². The van der Waals surface area contributed by atoms with Crippen LogP contribution in [0.2, 0.25) is 0 Å². The number of anilines is 1. The lowest BCUT2D eigenvalue weighted by atomic mass is 10.3. The molecule has 0 unspecified atom stereocenters. The Morgan fingerprint density at radius 2 is 2.12 bits per heavy atom. The highest BCUT2D eigenvalue weighted by Crippen LogP contribution is 2.21. The molecule has 1 aromatic rings. The first kappa shape index (κ1) is 13.6. The Morgan fingerprint density at radius 1 is 1.41 bits per heavy atom. The summed E-state index contributed by atoms with van der Waals surface area (Å²) in [6.07, 6.45) is 0.835. The van der Waals surface area contributed by atoms with Gasteiger partial charge in [0.2, 0.25) is 11.8 Å². The van der Waals surface area contributed by atoms with E-state index in [9.17, 15) is 9.59 Å². The molecule has 1 heterocycles. The van der Waals surface area contributed by atoms with Crippen molar-refractivity contribution in [3.63, 3.8) is 0 Å². The third kappa shape index (κ3) is 4.12. The zero-order valence-corrected chi connectivity index (χ0v) is 10.7. The van der Waals surface area contributed by atoms with E-state index in [1.54, 1.807) is 0 Å². The summed E-state index contributed by atoms with van der Waals surface area (Å²) >= 11 is 1.43. The zero-order chi connectivity index (χ0) is 12.8. The summed E-state index contributed by atoms with van der Waals surface area (Å²) in [5.41, 5.74) is 6.08. The summed E-state index contributed by atoms with van der Waals surface area (Å²) in [5, 5.41) is 5.58. The number of carbonyl (C=O) groups excluding carboxylic acids is 2. The van der Waals surface area contributed by atoms with E-state index in [1.807, 2.05) is 13.8 Å². The molecule has 0 bridgehead atoms. The van der Waals surface area contributed by atoms with Crippen molar-refractivity contribution < 1.29 is 9.59 Å². The molecule has 6 nitrogen and oxygen atoms in total. The molecule has 0 aliphatic carbocycles. The van der Waals surface area contributed by atoms with E-state index in [0.29, 0.717) is 5.13 Å². The number of nitrogens with two attached hydrogens (primary N) is 1. The average Bonchev–Trinajstić information content (AvgIpc) is 2.66. The van der Waals surface area contributed by atoms with Gasteiger partial charge in [-0.3, -0.25) is 9.59 Å². The smallest absolute Gasteiger partial charge is 0.245 e. The first-order chi connectivity index (χ1) is 8.06. The quantitative estimate of drug-likeness (QED) is 0.692. The molecule has 0 fully saturated rings. The Kier molecular flexibility index (Phi) is 5.05. The fourth-order valence-electron chi connectivity index (χ4n) is 1.22. The Bertz CT molecular complexity index is 416. The molecule has 1 aromatic heterocycles. The number of rotatable bonds is 5. The number of nitrogens with zero attached hydrogens (tertiary/aromatic N) is 1. The number of hydrogen-bond donors (Lipinski definition) is 3. The van der Waals surface area contributed by atoms with Gasteiger partial charge in [0.25, 0.3) is 0 Å². The molecule has 0 aromatic carbocycles. The van der Waals surface area contributed by atoms with Crippen LogP contribution in [0.15, 0.2) is 0 Å². The van der Waals surface area contributed by atoms with Crippen molar-refractivity contribution in [2.24, 2.45) is 5.73 Å². The fourth-order valence-corrected chi connectivity index (χ4v) is 2.14. The number of thiazole rings is 1. The van der Waals surface area contributed by atoms with Gasteiger partial charge in [0.15, 0.2) is 5.13 Å². The van der Waals surface area contributed by atoms with Crippen LogP contribution in [0.4, 0.5) is 5.13 Å². The third-order valence-electron chi connectivity index (χ3n) is 2.11. The summed E-state index contributed by atoms with van der Waals surface area (Å²) in [6.45, 7) is 3.76.